The third-order valence-corrected chi connectivity index (χ3v) is 2.32. The van der Waals surface area contributed by atoms with Gasteiger partial charge < -0.3 is 5.73 Å². The van der Waals surface area contributed by atoms with Gasteiger partial charge in [0.2, 0.25) is 0 Å². The van der Waals surface area contributed by atoms with E-state index in [0.717, 1.165) is 0 Å². The lowest BCUT2D eigenvalue weighted by Gasteiger charge is -2.17. The molecule has 0 radical (unpaired) electrons. The first-order valence-electron chi connectivity index (χ1n) is 4.44. The van der Waals surface area contributed by atoms with Gasteiger partial charge in [-0.15, -0.1) is 0 Å². The standard InChI is InChI=1S/C10H11ClF3N/c11-9-3-1-2-7(4-9)8(6-15)5-10(12,13)14/h1-4,8H,5-6,15H2. The van der Waals surface area contributed by atoms with Crippen LogP contribution in [0.5, 0.6) is 0 Å². The molecule has 84 valence electrons. The number of rotatable bonds is 3. The Hall–Kier alpha value is -0.740. The summed E-state index contributed by atoms with van der Waals surface area (Å²) >= 11 is 5.70. The van der Waals surface area contributed by atoms with Crippen molar-refractivity contribution in [1.29, 1.82) is 0 Å². The highest BCUT2D eigenvalue weighted by molar-refractivity contribution is 6.30. The molecule has 1 aromatic rings. The van der Waals surface area contributed by atoms with Gasteiger partial charge in [0.1, 0.15) is 0 Å². The van der Waals surface area contributed by atoms with Gasteiger partial charge in [-0.2, -0.15) is 13.2 Å². The first-order valence-corrected chi connectivity index (χ1v) is 4.82. The maximum absolute atomic E-state index is 12.2. The molecule has 5 heteroatoms. The number of halogens is 4. The van der Waals surface area contributed by atoms with E-state index in [1.54, 1.807) is 18.2 Å². The number of alkyl halides is 3. The Balaban J connectivity index is 2.83. The van der Waals surface area contributed by atoms with E-state index >= 15 is 0 Å². The minimum atomic E-state index is -4.20. The van der Waals surface area contributed by atoms with Crippen molar-refractivity contribution in [3.05, 3.63) is 34.9 Å². The molecule has 0 fully saturated rings. The Kier molecular flexibility index (Phi) is 3.99. The van der Waals surface area contributed by atoms with Crippen molar-refractivity contribution in [3.8, 4) is 0 Å². The highest BCUT2D eigenvalue weighted by Gasteiger charge is 2.31. The van der Waals surface area contributed by atoms with Crippen molar-refractivity contribution in [1.82, 2.24) is 0 Å². The predicted octanol–water partition coefficient (Wildman–Crippen LogP) is 3.33. The molecule has 0 aromatic heterocycles. The van der Waals surface area contributed by atoms with Crippen LogP contribution in [0.3, 0.4) is 0 Å². The summed E-state index contributed by atoms with van der Waals surface area (Å²) in [6.07, 6.45) is -5.11. The van der Waals surface area contributed by atoms with Crippen LogP contribution in [0.25, 0.3) is 0 Å². The zero-order valence-corrected chi connectivity index (χ0v) is 8.65. The Morgan fingerprint density at radius 1 is 1.33 bits per heavy atom. The molecule has 0 spiro atoms. The summed E-state index contributed by atoms with van der Waals surface area (Å²) in [4.78, 5) is 0. The minimum Gasteiger partial charge on any atom is -0.330 e. The average molecular weight is 238 g/mol. The highest BCUT2D eigenvalue weighted by Crippen LogP contribution is 2.31. The largest absolute Gasteiger partial charge is 0.389 e. The summed E-state index contributed by atoms with van der Waals surface area (Å²) in [5, 5.41) is 0.424. The summed E-state index contributed by atoms with van der Waals surface area (Å²) in [6.45, 7) is -0.0418. The fourth-order valence-electron chi connectivity index (χ4n) is 1.38. The quantitative estimate of drug-likeness (QED) is 0.857. The molecular weight excluding hydrogens is 227 g/mol. The van der Waals surface area contributed by atoms with Gasteiger partial charge in [0.05, 0.1) is 6.42 Å². The van der Waals surface area contributed by atoms with E-state index in [0.29, 0.717) is 10.6 Å². The second-order valence-electron chi connectivity index (χ2n) is 3.31. The summed E-state index contributed by atoms with van der Waals surface area (Å²) in [5.74, 6) is -0.719. The van der Waals surface area contributed by atoms with E-state index in [9.17, 15) is 13.2 Å². The molecule has 0 heterocycles. The van der Waals surface area contributed by atoms with Crippen LogP contribution in [-0.2, 0) is 0 Å². The molecule has 1 unspecified atom stereocenters. The van der Waals surface area contributed by atoms with Crippen molar-refractivity contribution in [2.75, 3.05) is 6.54 Å². The van der Waals surface area contributed by atoms with E-state index in [1.807, 2.05) is 0 Å². The molecule has 1 rings (SSSR count). The van der Waals surface area contributed by atoms with Crippen LogP contribution in [0.2, 0.25) is 5.02 Å². The molecular formula is C10H11ClF3N. The van der Waals surface area contributed by atoms with Gasteiger partial charge in [-0.3, -0.25) is 0 Å². The molecule has 1 atom stereocenters. The van der Waals surface area contributed by atoms with E-state index in [2.05, 4.69) is 0 Å². The summed E-state index contributed by atoms with van der Waals surface area (Å²) in [7, 11) is 0. The molecule has 1 nitrogen and oxygen atoms in total. The summed E-state index contributed by atoms with van der Waals surface area (Å²) in [5.41, 5.74) is 5.85. The minimum absolute atomic E-state index is 0.0418. The molecule has 0 aliphatic heterocycles. The van der Waals surface area contributed by atoms with Crippen molar-refractivity contribution in [3.63, 3.8) is 0 Å². The molecule has 0 bridgehead atoms. The smallest absolute Gasteiger partial charge is 0.330 e. The van der Waals surface area contributed by atoms with Crippen LogP contribution in [0.1, 0.15) is 17.9 Å². The number of hydrogen-bond acceptors (Lipinski definition) is 1. The average Bonchev–Trinajstić information content (AvgIpc) is 2.13. The first-order chi connectivity index (χ1) is 6.92. The Morgan fingerprint density at radius 2 is 2.00 bits per heavy atom. The van der Waals surface area contributed by atoms with Gasteiger partial charge in [0.25, 0.3) is 0 Å². The molecule has 0 amide bonds. The second kappa shape index (κ2) is 4.86. The van der Waals surface area contributed by atoms with E-state index in [4.69, 9.17) is 17.3 Å². The molecule has 0 aliphatic carbocycles. The normalized spacial score (nSPS) is 13.9. The number of hydrogen-bond donors (Lipinski definition) is 1. The lowest BCUT2D eigenvalue weighted by Crippen LogP contribution is -2.20. The van der Waals surface area contributed by atoms with E-state index < -0.39 is 18.5 Å². The SMILES string of the molecule is NCC(CC(F)(F)F)c1cccc(Cl)c1. The maximum atomic E-state index is 12.2. The van der Waals surface area contributed by atoms with Gasteiger partial charge in [0.15, 0.2) is 0 Å². The van der Waals surface area contributed by atoms with Crippen molar-refractivity contribution in [2.24, 2.45) is 5.73 Å². The zero-order chi connectivity index (χ0) is 11.5. The Labute approximate surface area is 91.0 Å². The molecule has 0 saturated heterocycles. The topological polar surface area (TPSA) is 26.0 Å². The molecule has 15 heavy (non-hydrogen) atoms. The first kappa shape index (κ1) is 12.3. The second-order valence-corrected chi connectivity index (χ2v) is 3.74. The fourth-order valence-corrected chi connectivity index (χ4v) is 1.58. The van der Waals surface area contributed by atoms with Gasteiger partial charge in [-0.05, 0) is 24.2 Å². The Morgan fingerprint density at radius 3 is 2.47 bits per heavy atom. The van der Waals surface area contributed by atoms with Crippen molar-refractivity contribution in [2.45, 2.75) is 18.5 Å². The third-order valence-electron chi connectivity index (χ3n) is 2.08. The predicted molar refractivity (Wildman–Crippen MR) is 53.9 cm³/mol. The number of nitrogens with two attached hydrogens (primary N) is 1. The third kappa shape index (κ3) is 4.10. The van der Waals surface area contributed by atoms with Gasteiger partial charge in [-0.1, -0.05) is 23.7 Å². The van der Waals surface area contributed by atoms with E-state index in [-0.39, 0.29) is 6.54 Å². The Bertz CT molecular complexity index is 325. The molecule has 1 aromatic carbocycles. The zero-order valence-electron chi connectivity index (χ0n) is 7.89. The lowest BCUT2D eigenvalue weighted by atomic mass is 9.96. The van der Waals surface area contributed by atoms with Crippen LogP contribution >= 0.6 is 11.6 Å². The van der Waals surface area contributed by atoms with Crippen molar-refractivity contribution >= 4 is 11.6 Å². The monoisotopic (exact) mass is 237 g/mol. The van der Waals surface area contributed by atoms with Crippen LogP contribution in [0.4, 0.5) is 13.2 Å². The van der Waals surface area contributed by atoms with Crippen molar-refractivity contribution < 1.29 is 13.2 Å². The maximum Gasteiger partial charge on any atom is 0.389 e. The lowest BCUT2D eigenvalue weighted by molar-refractivity contribution is -0.138. The van der Waals surface area contributed by atoms with Crippen LogP contribution in [0, 0.1) is 0 Å². The summed E-state index contributed by atoms with van der Waals surface area (Å²) in [6, 6.07) is 6.36. The van der Waals surface area contributed by atoms with E-state index in [1.165, 1.54) is 6.07 Å². The van der Waals surface area contributed by atoms with Crippen LogP contribution in [0.15, 0.2) is 24.3 Å². The van der Waals surface area contributed by atoms with Gasteiger partial charge >= 0.3 is 6.18 Å². The highest BCUT2D eigenvalue weighted by atomic mass is 35.5. The molecule has 2 N–H and O–H groups in total. The summed E-state index contributed by atoms with van der Waals surface area (Å²) < 4.78 is 36.6. The number of benzene rings is 1. The van der Waals surface area contributed by atoms with Crippen LogP contribution in [-0.4, -0.2) is 12.7 Å². The fraction of sp³-hybridized carbons (Fsp3) is 0.400. The van der Waals surface area contributed by atoms with Gasteiger partial charge in [-0.25, -0.2) is 0 Å². The molecule has 0 aliphatic rings. The van der Waals surface area contributed by atoms with Crippen LogP contribution < -0.4 is 5.73 Å². The van der Waals surface area contributed by atoms with Gasteiger partial charge in [0, 0.05) is 10.9 Å². The molecule has 0 saturated carbocycles.